The first-order valence-corrected chi connectivity index (χ1v) is 6.48. The second kappa shape index (κ2) is 5.62. The van der Waals surface area contributed by atoms with Crippen LogP contribution in [0.25, 0.3) is 0 Å². The molecule has 0 radical (unpaired) electrons. The van der Waals surface area contributed by atoms with Crippen LogP contribution in [0.1, 0.15) is 29.2 Å². The van der Waals surface area contributed by atoms with Gasteiger partial charge in [-0.25, -0.2) is 0 Å². The molecule has 20 heavy (non-hydrogen) atoms. The Balaban J connectivity index is 2.50. The molecule has 0 aliphatic carbocycles. The summed E-state index contributed by atoms with van der Waals surface area (Å²) in [6.07, 6.45) is 0.539. The Kier molecular flexibility index (Phi) is 3.90. The van der Waals surface area contributed by atoms with Gasteiger partial charge in [0.15, 0.2) is 0 Å². The minimum Gasteiger partial charge on any atom is -0.493 e. The highest BCUT2D eigenvalue weighted by Gasteiger charge is 2.14. The van der Waals surface area contributed by atoms with Crippen molar-refractivity contribution in [1.29, 1.82) is 5.26 Å². The summed E-state index contributed by atoms with van der Waals surface area (Å²) in [6.45, 7) is 4.08. The molecule has 102 valence electrons. The first kappa shape index (κ1) is 13.9. The molecule has 2 rings (SSSR count). The molecule has 0 fully saturated rings. The molecule has 1 N–H and O–H groups in total. The van der Waals surface area contributed by atoms with E-state index >= 15 is 0 Å². The number of hydrogen-bond acceptors (Lipinski definition) is 3. The van der Waals surface area contributed by atoms with Crippen molar-refractivity contribution < 1.29 is 5.11 Å². The highest BCUT2D eigenvalue weighted by molar-refractivity contribution is 5.45. The van der Waals surface area contributed by atoms with Crippen molar-refractivity contribution in [2.75, 3.05) is 0 Å². The molecule has 2 aromatic rings. The Bertz CT molecular complexity index is 722. The van der Waals surface area contributed by atoms with E-state index in [1.54, 1.807) is 0 Å². The van der Waals surface area contributed by atoms with Gasteiger partial charge in [-0.15, -0.1) is 0 Å². The molecular formula is C16H16N2O2. The molecule has 0 unspecified atom stereocenters. The fourth-order valence-corrected chi connectivity index (χ4v) is 2.11. The second-order valence-corrected chi connectivity index (χ2v) is 4.74. The average molecular weight is 268 g/mol. The Hall–Kier alpha value is -2.54. The predicted molar refractivity (Wildman–Crippen MR) is 76.7 cm³/mol. The monoisotopic (exact) mass is 268 g/mol. The van der Waals surface area contributed by atoms with Crippen molar-refractivity contribution in [2.24, 2.45) is 0 Å². The molecule has 0 saturated heterocycles. The number of pyridine rings is 1. The predicted octanol–water partition coefficient (Wildman–Crippen LogP) is 2.34. The maximum atomic E-state index is 12.1. The summed E-state index contributed by atoms with van der Waals surface area (Å²) in [5.74, 6) is -0.252. The van der Waals surface area contributed by atoms with Gasteiger partial charge < -0.3 is 5.11 Å². The number of aromatic nitrogens is 1. The number of aromatic hydroxyl groups is 1. The van der Waals surface area contributed by atoms with Crippen LogP contribution in [-0.2, 0) is 13.0 Å². The number of rotatable bonds is 3. The largest absolute Gasteiger partial charge is 0.493 e. The Labute approximate surface area is 117 Å². The van der Waals surface area contributed by atoms with Crippen molar-refractivity contribution in [2.45, 2.75) is 26.8 Å². The summed E-state index contributed by atoms with van der Waals surface area (Å²) < 4.78 is 1.22. The number of benzene rings is 1. The number of nitrogens with zero attached hydrogens (tertiary/aromatic N) is 2. The topological polar surface area (TPSA) is 66.0 Å². The van der Waals surface area contributed by atoms with Gasteiger partial charge in [0.25, 0.3) is 5.56 Å². The first-order valence-electron chi connectivity index (χ1n) is 6.48. The van der Waals surface area contributed by atoms with Crippen molar-refractivity contribution in [3.8, 4) is 11.9 Å². The third-order valence-electron chi connectivity index (χ3n) is 3.32. The summed E-state index contributed by atoms with van der Waals surface area (Å²) in [7, 11) is 0. The molecule has 0 aliphatic heterocycles. The van der Waals surface area contributed by atoms with E-state index in [9.17, 15) is 9.90 Å². The first-order chi connectivity index (χ1) is 9.56. The van der Waals surface area contributed by atoms with Crippen LogP contribution < -0.4 is 5.56 Å². The van der Waals surface area contributed by atoms with Gasteiger partial charge in [-0.05, 0) is 24.5 Å². The summed E-state index contributed by atoms with van der Waals surface area (Å²) in [6, 6.07) is 11.1. The number of hydrogen-bond donors (Lipinski definition) is 1. The van der Waals surface area contributed by atoms with Crippen LogP contribution in [0, 0.1) is 18.3 Å². The minimum atomic E-state index is -0.293. The molecule has 0 spiro atoms. The highest BCUT2D eigenvalue weighted by atomic mass is 16.3. The molecule has 1 heterocycles. The molecule has 1 aromatic heterocycles. The van der Waals surface area contributed by atoms with E-state index in [2.05, 4.69) is 0 Å². The Morgan fingerprint density at radius 1 is 1.30 bits per heavy atom. The van der Waals surface area contributed by atoms with Crippen LogP contribution in [0.15, 0.2) is 35.1 Å². The van der Waals surface area contributed by atoms with Crippen LogP contribution in [0.2, 0.25) is 0 Å². The van der Waals surface area contributed by atoms with Gasteiger partial charge in [-0.2, -0.15) is 5.26 Å². The Morgan fingerprint density at radius 3 is 2.50 bits per heavy atom. The third kappa shape index (κ3) is 2.57. The zero-order valence-electron chi connectivity index (χ0n) is 11.6. The molecule has 4 heteroatoms. The van der Waals surface area contributed by atoms with E-state index in [0.29, 0.717) is 12.0 Å². The standard InChI is InChI=1S/C16H16N2O2/c1-3-13-8-15(19)18(16(20)14(13)9-17)10-12-6-4-11(2)5-7-12/h4-8,20H,3,10H2,1-2H3. The van der Waals surface area contributed by atoms with Crippen LogP contribution in [0.3, 0.4) is 0 Å². The van der Waals surface area contributed by atoms with Gasteiger partial charge in [0.05, 0.1) is 6.54 Å². The lowest BCUT2D eigenvalue weighted by molar-refractivity contribution is 0.412. The van der Waals surface area contributed by atoms with Crippen molar-refractivity contribution in [3.05, 3.63) is 62.9 Å². The fraction of sp³-hybridized carbons (Fsp3) is 0.250. The summed E-state index contributed by atoms with van der Waals surface area (Å²) >= 11 is 0. The fourth-order valence-electron chi connectivity index (χ4n) is 2.11. The van der Waals surface area contributed by atoms with E-state index < -0.39 is 0 Å². The lowest BCUT2D eigenvalue weighted by Gasteiger charge is -2.12. The van der Waals surface area contributed by atoms with Crippen molar-refractivity contribution in [3.63, 3.8) is 0 Å². The van der Waals surface area contributed by atoms with E-state index in [1.165, 1.54) is 10.6 Å². The van der Waals surface area contributed by atoms with Crippen molar-refractivity contribution >= 4 is 0 Å². The second-order valence-electron chi connectivity index (χ2n) is 4.74. The summed E-state index contributed by atoms with van der Waals surface area (Å²) in [5.41, 5.74) is 2.50. The van der Waals surface area contributed by atoms with Crippen LogP contribution in [0.4, 0.5) is 0 Å². The van der Waals surface area contributed by atoms with E-state index in [1.807, 2.05) is 44.2 Å². The molecule has 0 aliphatic rings. The van der Waals surface area contributed by atoms with Crippen LogP contribution >= 0.6 is 0 Å². The summed E-state index contributed by atoms with van der Waals surface area (Å²) in [4.78, 5) is 12.1. The maximum Gasteiger partial charge on any atom is 0.253 e. The smallest absolute Gasteiger partial charge is 0.253 e. The zero-order valence-corrected chi connectivity index (χ0v) is 11.6. The molecule has 0 amide bonds. The van der Waals surface area contributed by atoms with Gasteiger partial charge in [-0.1, -0.05) is 36.8 Å². The molecule has 1 aromatic carbocycles. The highest BCUT2D eigenvalue weighted by Crippen LogP contribution is 2.19. The molecule has 0 atom stereocenters. The lowest BCUT2D eigenvalue weighted by Crippen LogP contribution is -2.22. The van der Waals surface area contributed by atoms with E-state index in [4.69, 9.17) is 5.26 Å². The van der Waals surface area contributed by atoms with Crippen LogP contribution in [0.5, 0.6) is 5.88 Å². The quantitative estimate of drug-likeness (QED) is 0.929. The van der Waals surface area contributed by atoms with Crippen LogP contribution in [-0.4, -0.2) is 9.67 Å². The SMILES string of the molecule is CCc1cc(=O)n(Cc2ccc(C)cc2)c(O)c1C#N. The van der Waals surface area contributed by atoms with E-state index in [0.717, 1.165) is 11.1 Å². The third-order valence-corrected chi connectivity index (χ3v) is 3.32. The van der Waals surface area contributed by atoms with Gasteiger partial charge >= 0.3 is 0 Å². The minimum absolute atomic E-state index is 0.180. The maximum absolute atomic E-state index is 12.1. The molecular weight excluding hydrogens is 252 g/mol. The number of nitriles is 1. The van der Waals surface area contributed by atoms with Gasteiger partial charge in [0, 0.05) is 6.07 Å². The lowest BCUT2D eigenvalue weighted by atomic mass is 10.1. The average Bonchev–Trinajstić information content (AvgIpc) is 2.44. The van der Waals surface area contributed by atoms with E-state index in [-0.39, 0.29) is 23.5 Å². The number of aryl methyl sites for hydroxylation is 2. The molecule has 0 bridgehead atoms. The molecule has 4 nitrogen and oxygen atoms in total. The van der Waals surface area contributed by atoms with Gasteiger partial charge in [-0.3, -0.25) is 9.36 Å². The summed E-state index contributed by atoms with van der Waals surface area (Å²) in [5, 5.41) is 19.3. The van der Waals surface area contributed by atoms with Gasteiger partial charge in [0.1, 0.15) is 11.6 Å². The molecule has 0 saturated carbocycles. The van der Waals surface area contributed by atoms with Crippen molar-refractivity contribution in [1.82, 2.24) is 4.57 Å². The normalized spacial score (nSPS) is 10.2. The van der Waals surface area contributed by atoms with Gasteiger partial charge in [0.2, 0.25) is 5.88 Å². The zero-order chi connectivity index (χ0) is 14.7. The Morgan fingerprint density at radius 2 is 1.95 bits per heavy atom.